The fourth-order valence-electron chi connectivity index (χ4n) is 1.95. The molecule has 0 unspecified atom stereocenters. The Bertz CT molecular complexity index is 729. The van der Waals surface area contributed by atoms with Crippen LogP contribution in [0.3, 0.4) is 0 Å². The predicted molar refractivity (Wildman–Crippen MR) is 90.0 cm³/mol. The van der Waals surface area contributed by atoms with Gasteiger partial charge in [-0.25, -0.2) is 4.98 Å². The standard InChI is InChI=1S/C16H18N2O5S/c1-4-23-14(19)8-11-9-17-16(24-11)18-15(20)12-6-5-10(21-2)7-13(12)22-3/h5-7,9H,4,8H2,1-3H3,(H,17,18,20). The van der Waals surface area contributed by atoms with Crippen LogP contribution in [0, 0.1) is 0 Å². The summed E-state index contributed by atoms with van der Waals surface area (Å²) in [5.41, 5.74) is 0.362. The zero-order valence-electron chi connectivity index (χ0n) is 13.6. The molecule has 0 aliphatic rings. The molecular formula is C16H18N2O5S. The lowest BCUT2D eigenvalue weighted by Gasteiger charge is -2.09. The van der Waals surface area contributed by atoms with Gasteiger partial charge in [-0.05, 0) is 19.1 Å². The number of hydrogen-bond donors (Lipinski definition) is 1. The van der Waals surface area contributed by atoms with Crippen molar-refractivity contribution in [3.05, 3.63) is 34.8 Å². The van der Waals surface area contributed by atoms with Gasteiger partial charge in [-0.15, -0.1) is 11.3 Å². The summed E-state index contributed by atoms with van der Waals surface area (Å²) in [7, 11) is 3.02. The van der Waals surface area contributed by atoms with Gasteiger partial charge in [0.2, 0.25) is 0 Å². The van der Waals surface area contributed by atoms with Crippen molar-refractivity contribution in [1.82, 2.24) is 4.98 Å². The van der Waals surface area contributed by atoms with Crippen LogP contribution in [0.25, 0.3) is 0 Å². The summed E-state index contributed by atoms with van der Waals surface area (Å²) >= 11 is 1.22. The summed E-state index contributed by atoms with van der Waals surface area (Å²) < 4.78 is 15.2. The number of carbonyl (C=O) groups is 2. The van der Waals surface area contributed by atoms with Gasteiger partial charge < -0.3 is 14.2 Å². The second-order valence-electron chi connectivity index (χ2n) is 4.63. The number of aromatic nitrogens is 1. The molecule has 0 saturated heterocycles. The van der Waals surface area contributed by atoms with E-state index >= 15 is 0 Å². The van der Waals surface area contributed by atoms with Gasteiger partial charge in [0.25, 0.3) is 5.91 Å². The number of hydrogen-bond acceptors (Lipinski definition) is 7. The molecule has 0 atom stereocenters. The third kappa shape index (κ3) is 4.45. The lowest BCUT2D eigenvalue weighted by Crippen LogP contribution is -2.13. The molecule has 0 aliphatic carbocycles. The van der Waals surface area contributed by atoms with E-state index in [0.29, 0.717) is 33.7 Å². The first-order chi connectivity index (χ1) is 11.6. The molecule has 1 N–H and O–H groups in total. The summed E-state index contributed by atoms with van der Waals surface area (Å²) in [5, 5.41) is 3.09. The molecule has 1 heterocycles. The number of benzene rings is 1. The Balaban J connectivity index is 2.07. The van der Waals surface area contributed by atoms with Gasteiger partial charge in [0.1, 0.15) is 11.5 Å². The molecule has 0 saturated carbocycles. The maximum atomic E-state index is 12.4. The van der Waals surface area contributed by atoms with Gasteiger partial charge in [0, 0.05) is 17.1 Å². The van der Waals surface area contributed by atoms with E-state index in [1.807, 2.05) is 0 Å². The highest BCUT2D eigenvalue weighted by Crippen LogP contribution is 2.26. The summed E-state index contributed by atoms with van der Waals surface area (Å²) in [5.74, 6) is 0.312. The van der Waals surface area contributed by atoms with Crippen molar-refractivity contribution in [2.45, 2.75) is 13.3 Å². The van der Waals surface area contributed by atoms with Crippen LogP contribution < -0.4 is 14.8 Å². The van der Waals surface area contributed by atoms with Crippen LogP contribution in [0.4, 0.5) is 5.13 Å². The number of carbonyl (C=O) groups excluding carboxylic acids is 2. The van der Waals surface area contributed by atoms with E-state index in [1.54, 1.807) is 31.3 Å². The van der Waals surface area contributed by atoms with Crippen LogP contribution in [-0.2, 0) is 16.0 Å². The van der Waals surface area contributed by atoms with Gasteiger partial charge in [-0.2, -0.15) is 0 Å². The van der Waals surface area contributed by atoms with E-state index < -0.39 is 0 Å². The van der Waals surface area contributed by atoms with Crippen LogP contribution in [0.5, 0.6) is 11.5 Å². The summed E-state index contributed by atoms with van der Waals surface area (Å²) in [4.78, 5) is 28.6. The van der Waals surface area contributed by atoms with E-state index in [2.05, 4.69) is 10.3 Å². The second kappa shape index (κ2) is 8.30. The smallest absolute Gasteiger partial charge is 0.311 e. The largest absolute Gasteiger partial charge is 0.497 e. The van der Waals surface area contributed by atoms with Gasteiger partial charge in [-0.1, -0.05) is 0 Å². The summed E-state index contributed by atoms with van der Waals surface area (Å²) in [6.07, 6.45) is 1.68. The SMILES string of the molecule is CCOC(=O)Cc1cnc(NC(=O)c2ccc(OC)cc2OC)s1. The Morgan fingerprint density at radius 3 is 2.71 bits per heavy atom. The average molecular weight is 350 g/mol. The van der Waals surface area contributed by atoms with E-state index in [-0.39, 0.29) is 18.3 Å². The molecule has 8 heteroatoms. The lowest BCUT2D eigenvalue weighted by atomic mass is 10.2. The second-order valence-corrected chi connectivity index (χ2v) is 5.75. The van der Waals surface area contributed by atoms with Gasteiger partial charge in [0.05, 0.1) is 32.8 Å². The Morgan fingerprint density at radius 2 is 2.04 bits per heavy atom. The Hall–Kier alpha value is -2.61. The minimum Gasteiger partial charge on any atom is -0.497 e. The molecule has 0 fully saturated rings. The van der Waals surface area contributed by atoms with Crippen molar-refractivity contribution in [2.24, 2.45) is 0 Å². The first-order valence-electron chi connectivity index (χ1n) is 7.21. The minimum atomic E-state index is -0.355. The maximum Gasteiger partial charge on any atom is 0.311 e. The molecule has 24 heavy (non-hydrogen) atoms. The highest BCUT2D eigenvalue weighted by molar-refractivity contribution is 7.15. The van der Waals surface area contributed by atoms with E-state index in [1.165, 1.54) is 25.6 Å². The molecule has 0 aliphatic heterocycles. The Labute approximate surface area is 143 Å². The molecule has 0 bridgehead atoms. The first-order valence-corrected chi connectivity index (χ1v) is 8.02. The molecular weight excluding hydrogens is 332 g/mol. The summed E-state index contributed by atoms with van der Waals surface area (Å²) in [6.45, 7) is 2.08. The topological polar surface area (TPSA) is 86.8 Å². The van der Waals surface area contributed by atoms with E-state index in [0.717, 1.165) is 0 Å². The number of ether oxygens (including phenoxy) is 3. The van der Waals surface area contributed by atoms with E-state index in [9.17, 15) is 9.59 Å². The third-order valence-corrected chi connectivity index (χ3v) is 3.96. The molecule has 7 nitrogen and oxygen atoms in total. The van der Waals surface area contributed by atoms with Crippen LogP contribution in [0.15, 0.2) is 24.4 Å². The predicted octanol–water partition coefficient (Wildman–Crippen LogP) is 2.52. The molecule has 2 rings (SSSR count). The number of nitrogens with zero attached hydrogens (tertiary/aromatic N) is 1. The van der Waals surface area contributed by atoms with Crippen LogP contribution in [-0.4, -0.2) is 37.7 Å². The average Bonchev–Trinajstić information content (AvgIpc) is 3.01. The van der Waals surface area contributed by atoms with Crippen molar-refractivity contribution in [3.63, 3.8) is 0 Å². The monoisotopic (exact) mass is 350 g/mol. The fraction of sp³-hybridized carbons (Fsp3) is 0.312. The van der Waals surface area contributed by atoms with E-state index in [4.69, 9.17) is 14.2 Å². The van der Waals surface area contributed by atoms with Crippen molar-refractivity contribution < 1.29 is 23.8 Å². The number of rotatable bonds is 7. The lowest BCUT2D eigenvalue weighted by molar-refractivity contribution is -0.142. The number of methoxy groups -OCH3 is 2. The van der Waals surface area contributed by atoms with Gasteiger partial charge in [0.15, 0.2) is 5.13 Å². The van der Waals surface area contributed by atoms with Gasteiger partial charge >= 0.3 is 5.97 Å². The number of thiazole rings is 1. The number of esters is 1. The normalized spacial score (nSPS) is 10.1. The zero-order chi connectivity index (χ0) is 17.5. The van der Waals surface area contributed by atoms with Crippen molar-refractivity contribution in [3.8, 4) is 11.5 Å². The molecule has 1 aromatic heterocycles. The molecule has 0 radical (unpaired) electrons. The third-order valence-electron chi connectivity index (χ3n) is 3.05. The number of nitrogens with one attached hydrogen (secondary N) is 1. The quantitative estimate of drug-likeness (QED) is 0.772. The van der Waals surface area contributed by atoms with Crippen molar-refractivity contribution >= 4 is 28.3 Å². The highest BCUT2D eigenvalue weighted by atomic mass is 32.1. The van der Waals surface area contributed by atoms with Crippen molar-refractivity contribution in [1.29, 1.82) is 0 Å². The molecule has 2 aromatic rings. The zero-order valence-corrected chi connectivity index (χ0v) is 14.4. The van der Waals surface area contributed by atoms with Crippen LogP contribution in [0.1, 0.15) is 22.2 Å². The molecule has 1 amide bonds. The van der Waals surface area contributed by atoms with Crippen LogP contribution in [0.2, 0.25) is 0 Å². The van der Waals surface area contributed by atoms with Gasteiger partial charge in [-0.3, -0.25) is 14.9 Å². The first kappa shape index (κ1) is 17.7. The fourth-order valence-corrected chi connectivity index (χ4v) is 2.74. The summed E-state index contributed by atoms with van der Waals surface area (Å²) in [6, 6.07) is 4.91. The van der Waals surface area contributed by atoms with Crippen molar-refractivity contribution in [2.75, 3.05) is 26.1 Å². The molecule has 1 aromatic carbocycles. The molecule has 128 valence electrons. The molecule has 0 spiro atoms. The Kier molecular flexibility index (Phi) is 6.14. The number of anilines is 1. The Morgan fingerprint density at radius 1 is 1.25 bits per heavy atom. The maximum absolute atomic E-state index is 12.4. The highest BCUT2D eigenvalue weighted by Gasteiger charge is 2.16. The number of amides is 1. The minimum absolute atomic E-state index is 0.132. The van der Waals surface area contributed by atoms with Crippen LogP contribution >= 0.6 is 11.3 Å².